The fraction of sp³-hybridized carbons (Fsp3) is 0.161. The number of anilines is 2. The van der Waals surface area contributed by atoms with Gasteiger partial charge in [0.1, 0.15) is 11.4 Å². The van der Waals surface area contributed by atoms with E-state index in [2.05, 4.69) is 4.98 Å². The van der Waals surface area contributed by atoms with Gasteiger partial charge in [-0.3, -0.25) is 19.3 Å². The Balaban J connectivity index is 1.56. The van der Waals surface area contributed by atoms with E-state index in [1.165, 1.54) is 28.4 Å². The van der Waals surface area contributed by atoms with Gasteiger partial charge in [-0.2, -0.15) is 0 Å². The molecule has 7 nitrogen and oxygen atoms in total. The summed E-state index contributed by atoms with van der Waals surface area (Å²) in [7, 11) is 0. The van der Waals surface area contributed by atoms with Crippen molar-refractivity contribution in [3.63, 3.8) is 0 Å². The minimum atomic E-state index is -1.82. The third-order valence-electron chi connectivity index (χ3n) is 7.74. The highest BCUT2D eigenvalue weighted by molar-refractivity contribution is 7.16. The van der Waals surface area contributed by atoms with E-state index in [-0.39, 0.29) is 29.3 Å². The van der Waals surface area contributed by atoms with Crippen LogP contribution < -0.4 is 15.2 Å². The molecule has 1 unspecified atom stereocenters. The molecular formula is C31H22FN3O4S. The second-order valence-corrected chi connectivity index (χ2v) is 11.3. The lowest BCUT2D eigenvalue weighted by atomic mass is 9.84. The molecule has 3 aromatic carbocycles. The van der Waals surface area contributed by atoms with Crippen LogP contribution in [-0.4, -0.2) is 16.8 Å². The van der Waals surface area contributed by atoms with Gasteiger partial charge in [-0.05, 0) is 56.7 Å². The van der Waals surface area contributed by atoms with Crippen LogP contribution in [0, 0.1) is 26.6 Å². The van der Waals surface area contributed by atoms with Gasteiger partial charge < -0.3 is 9.32 Å². The molecule has 0 N–H and O–H groups in total. The fourth-order valence-electron chi connectivity index (χ4n) is 5.76. The number of nitrogens with zero attached hydrogens (tertiary/aromatic N) is 3. The highest BCUT2D eigenvalue weighted by Crippen LogP contribution is 2.54. The summed E-state index contributed by atoms with van der Waals surface area (Å²) in [4.78, 5) is 51.8. The van der Waals surface area contributed by atoms with Gasteiger partial charge in [0, 0.05) is 10.4 Å². The van der Waals surface area contributed by atoms with Crippen molar-refractivity contribution in [1.82, 2.24) is 4.98 Å². The molecule has 1 atom stereocenters. The minimum absolute atomic E-state index is 0.0137. The molecular weight excluding hydrogens is 529 g/mol. The number of para-hydroxylation sites is 1. The monoisotopic (exact) mass is 551 g/mol. The van der Waals surface area contributed by atoms with Crippen molar-refractivity contribution in [2.24, 2.45) is 0 Å². The highest BCUT2D eigenvalue weighted by atomic mass is 32.1. The molecule has 2 aliphatic heterocycles. The predicted molar refractivity (Wildman–Crippen MR) is 150 cm³/mol. The molecule has 0 radical (unpaired) electrons. The van der Waals surface area contributed by atoms with Crippen LogP contribution in [0.5, 0.6) is 0 Å². The Morgan fingerprint density at radius 1 is 0.975 bits per heavy atom. The summed E-state index contributed by atoms with van der Waals surface area (Å²) in [6, 6.07) is 18.2. The van der Waals surface area contributed by atoms with E-state index in [0.717, 1.165) is 16.1 Å². The van der Waals surface area contributed by atoms with Crippen molar-refractivity contribution in [3.8, 4) is 0 Å². The molecule has 2 aromatic heterocycles. The zero-order valence-corrected chi connectivity index (χ0v) is 22.6. The molecule has 5 aromatic rings. The third-order valence-corrected chi connectivity index (χ3v) is 8.80. The van der Waals surface area contributed by atoms with E-state index < -0.39 is 22.8 Å². The Morgan fingerprint density at radius 2 is 1.73 bits per heavy atom. The van der Waals surface area contributed by atoms with Crippen LogP contribution in [0.3, 0.4) is 0 Å². The van der Waals surface area contributed by atoms with Gasteiger partial charge in [-0.25, -0.2) is 9.37 Å². The van der Waals surface area contributed by atoms with Gasteiger partial charge in [-0.15, -0.1) is 11.3 Å². The maximum atomic E-state index is 14.9. The van der Waals surface area contributed by atoms with Crippen molar-refractivity contribution in [1.29, 1.82) is 0 Å². The van der Waals surface area contributed by atoms with Gasteiger partial charge in [-0.1, -0.05) is 42.0 Å². The van der Waals surface area contributed by atoms with Gasteiger partial charge in [0.2, 0.25) is 5.76 Å². The number of hydrogen-bond acceptors (Lipinski definition) is 6. The van der Waals surface area contributed by atoms with E-state index in [4.69, 9.17) is 4.42 Å². The summed E-state index contributed by atoms with van der Waals surface area (Å²) < 4.78 is 19.8. The standard InChI is InChI=1S/C31H22FN3O4S/c1-16-8-13-24-21(14-16)26(36)25-27(39-24)28(37)35(30-33-17(2)18(3)40-30)31(25)22-6-4-5-7-23(22)34(29(31)38)15-19-9-11-20(32)12-10-19/h4-14H,15H2,1-3H3. The smallest absolute Gasteiger partial charge is 0.297 e. The number of carbonyl (C=O) groups excluding carboxylic acids is 2. The number of carbonyl (C=O) groups is 2. The average Bonchev–Trinajstić information content (AvgIpc) is 3.49. The van der Waals surface area contributed by atoms with Crippen LogP contribution in [0.4, 0.5) is 15.2 Å². The molecule has 9 heteroatoms. The summed E-state index contributed by atoms with van der Waals surface area (Å²) in [6.45, 7) is 5.70. The van der Waals surface area contributed by atoms with Crippen LogP contribution >= 0.6 is 11.3 Å². The molecule has 198 valence electrons. The highest BCUT2D eigenvalue weighted by Gasteiger charge is 2.66. The lowest BCUT2D eigenvalue weighted by molar-refractivity contribution is -0.121. The molecule has 2 amide bonds. The number of hydrogen-bond donors (Lipinski definition) is 0. The average molecular weight is 552 g/mol. The van der Waals surface area contributed by atoms with Gasteiger partial charge in [0.15, 0.2) is 16.1 Å². The maximum Gasteiger partial charge on any atom is 0.297 e. The number of thiazole rings is 1. The van der Waals surface area contributed by atoms with Crippen LogP contribution in [0.15, 0.2) is 75.9 Å². The molecule has 0 saturated carbocycles. The van der Waals surface area contributed by atoms with Gasteiger partial charge >= 0.3 is 0 Å². The Morgan fingerprint density at radius 3 is 2.45 bits per heavy atom. The number of aromatic nitrogens is 1. The number of rotatable bonds is 3. The van der Waals surface area contributed by atoms with E-state index in [0.29, 0.717) is 27.3 Å². The molecule has 0 aliphatic carbocycles. The largest absolute Gasteiger partial charge is 0.450 e. The van der Waals surface area contributed by atoms with Gasteiger partial charge in [0.25, 0.3) is 11.8 Å². The first-order valence-corrected chi connectivity index (χ1v) is 13.6. The molecule has 1 spiro atoms. The Labute approximate surface area is 232 Å². The van der Waals surface area contributed by atoms with E-state index >= 15 is 0 Å². The van der Waals surface area contributed by atoms with E-state index in [1.807, 2.05) is 20.8 Å². The fourth-order valence-corrected chi connectivity index (χ4v) is 6.72. The van der Waals surface area contributed by atoms with E-state index in [1.54, 1.807) is 59.5 Å². The van der Waals surface area contributed by atoms with Gasteiger partial charge in [0.05, 0.1) is 28.9 Å². The first-order valence-electron chi connectivity index (χ1n) is 12.7. The molecule has 2 aliphatic rings. The molecule has 0 fully saturated rings. The van der Waals surface area contributed by atoms with Crippen molar-refractivity contribution < 1.29 is 18.4 Å². The SMILES string of the molecule is Cc1ccc2oc3c(c(=O)c2c1)C1(C(=O)N(Cc2ccc(F)cc2)c2ccccc21)N(c1nc(C)c(C)s1)C3=O. The number of halogens is 1. The summed E-state index contributed by atoms with van der Waals surface area (Å²) in [6.07, 6.45) is 0. The second kappa shape index (κ2) is 8.43. The quantitative estimate of drug-likeness (QED) is 0.285. The zero-order valence-electron chi connectivity index (χ0n) is 21.8. The van der Waals surface area contributed by atoms with Crippen molar-refractivity contribution in [2.45, 2.75) is 32.9 Å². The van der Waals surface area contributed by atoms with E-state index in [9.17, 15) is 18.8 Å². The summed E-state index contributed by atoms with van der Waals surface area (Å²) in [5.74, 6) is -1.63. The summed E-state index contributed by atoms with van der Waals surface area (Å²) in [5.41, 5.74) is 1.30. The van der Waals surface area contributed by atoms with Crippen LogP contribution in [0.25, 0.3) is 11.0 Å². The number of amides is 2. The Hall–Kier alpha value is -4.63. The second-order valence-electron chi connectivity index (χ2n) is 10.2. The van der Waals surface area contributed by atoms with Crippen molar-refractivity contribution in [3.05, 3.63) is 121 Å². The first-order chi connectivity index (χ1) is 19.2. The zero-order chi connectivity index (χ0) is 27.9. The minimum Gasteiger partial charge on any atom is -0.450 e. The van der Waals surface area contributed by atoms with Crippen LogP contribution in [0.1, 0.15) is 43.4 Å². The third kappa shape index (κ3) is 3.15. The molecule has 0 saturated heterocycles. The Kier molecular flexibility index (Phi) is 5.15. The Bertz CT molecular complexity index is 1940. The number of aryl methyl sites for hydroxylation is 3. The number of benzene rings is 3. The lowest BCUT2D eigenvalue weighted by Crippen LogP contribution is -2.53. The van der Waals surface area contributed by atoms with Crippen molar-refractivity contribution >= 4 is 44.9 Å². The summed E-state index contributed by atoms with van der Waals surface area (Å²) in [5, 5.41) is 0.597. The topological polar surface area (TPSA) is 83.7 Å². The molecule has 7 rings (SSSR count). The first kappa shape index (κ1) is 24.4. The van der Waals surface area contributed by atoms with Crippen LogP contribution in [-0.2, 0) is 16.9 Å². The van der Waals surface area contributed by atoms with Crippen LogP contribution in [0.2, 0.25) is 0 Å². The molecule has 0 bridgehead atoms. The normalized spacial score (nSPS) is 17.8. The maximum absolute atomic E-state index is 14.9. The predicted octanol–water partition coefficient (Wildman–Crippen LogP) is 5.76. The molecule has 40 heavy (non-hydrogen) atoms. The molecule has 4 heterocycles. The summed E-state index contributed by atoms with van der Waals surface area (Å²) >= 11 is 1.28. The van der Waals surface area contributed by atoms with Crippen molar-refractivity contribution in [2.75, 3.05) is 9.80 Å². The lowest BCUT2D eigenvalue weighted by Gasteiger charge is -2.32. The number of fused-ring (bicyclic) bond motifs is 5.